The Morgan fingerprint density at radius 2 is 2.11 bits per heavy atom. The van der Waals surface area contributed by atoms with Crippen LogP contribution in [0.25, 0.3) is 11.3 Å². The highest BCUT2D eigenvalue weighted by Gasteiger charge is 2.12. The molecule has 1 N–H and O–H groups in total. The largest absolute Gasteiger partial charge is 0.467 e. The molecular formula is C13H14N2O3. The molecule has 2 aromatic rings. The van der Waals surface area contributed by atoms with Crippen molar-refractivity contribution >= 4 is 11.7 Å². The molecule has 1 atom stereocenters. The van der Waals surface area contributed by atoms with E-state index < -0.39 is 0 Å². The number of hydrogen-bond donors (Lipinski definition) is 1. The lowest BCUT2D eigenvalue weighted by Crippen LogP contribution is -2.27. The van der Waals surface area contributed by atoms with E-state index in [1.807, 2.05) is 24.3 Å². The van der Waals surface area contributed by atoms with Crippen LogP contribution in [0.15, 0.2) is 41.3 Å². The molecular weight excluding hydrogens is 232 g/mol. The van der Waals surface area contributed by atoms with E-state index >= 15 is 0 Å². The molecule has 5 heteroatoms. The molecule has 0 bridgehead atoms. The van der Waals surface area contributed by atoms with Crippen molar-refractivity contribution in [1.82, 2.24) is 4.98 Å². The summed E-state index contributed by atoms with van der Waals surface area (Å²) in [6.45, 7) is 1.75. The third-order valence-electron chi connectivity index (χ3n) is 2.54. The molecule has 1 aromatic heterocycles. The van der Waals surface area contributed by atoms with Crippen LogP contribution in [0.4, 0.5) is 5.69 Å². The van der Waals surface area contributed by atoms with Crippen LogP contribution in [0, 0.1) is 0 Å². The van der Waals surface area contributed by atoms with Crippen molar-refractivity contribution < 1.29 is 13.9 Å². The summed E-state index contributed by atoms with van der Waals surface area (Å²) in [4.78, 5) is 15.1. The second kappa shape index (κ2) is 5.35. The maximum Gasteiger partial charge on any atom is 0.327 e. The highest BCUT2D eigenvalue weighted by molar-refractivity contribution is 5.78. The number of carbonyl (C=O) groups is 1. The average Bonchev–Trinajstić information content (AvgIpc) is 2.92. The lowest BCUT2D eigenvalue weighted by molar-refractivity contribution is -0.141. The molecule has 0 saturated heterocycles. The van der Waals surface area contributed by atoms with E-state index in [0.717, 1.165) is 11.3 Å². The highest BCUT2D eigenvalue weighted by atomic mass is 16.5. The molecule has 0 aliphatic carbocycles. The normalized spacial score (nSPS) is 11.9. The Balaban J connectivity index is 2.06. The summed E-state index contributed by atoms with van der Waals surface area (Å²) in [5, 5.41) is 3.04. The van der Waals surface area contributed by atoms with Gasteiger partial charge in [-0.05, 0) is 31.2 Å². The van der Waals surface area contributed by atoms with Crippen molar-refractivity contribution in [3.63, 3.8) is 0 Å². The lowest BCUT2D eigenvalue weighted by atomic mass is 10.1. The number of ether oxygens (including phenoxy) is 1. The maximum absolute atomic E-state index is 11.3. The molecule has 0 radical (unpaired) electrons. The third-order valence-corrected chi connectivity index (χ3v) is 2.54. The molecule has 2 rings (SSSR count). The number of benzene rings is 1. The monoisotopic (exact) mass is 246 g/mol. The number of nitrogens with one attached hydrogen (secondary N) is 1. The van der Waals surface area contributed by atoms with Crippen LogP contribution in [0.5, 0.6) is 0 Å². The van der Waals surface area contributed by atoms with E-state index in [1.165, 1.54) is 13.5 Å². The molecule has 0 spiro atoms. The minimum atomic E-state index is -0.383. The SMILES string of the molecule is COC(=O)C(C)Nc1ccc(-c2cnco2)cc1. The van der Waals surface area contributed by atoms with E-state index in [4.69, 9.17) is 4.42 Å². The average molecular weight is 246 g/mol. The summed E-state index contributed by atoms with van der Waals surface area (Å²) in [6, 6.07) is 7.15. The zero-order chi connectivity index (χ0) is 13.0. The van der Waals surface area contributed by atoms with Gasteiger partial charge in [0, 0.05) is 11.3 Å². The number of oxazole rings is 1. The number of esters is 1. The summed E-state index contributed by atoms with van der Waals surface area (Å²) in [7, 11) is 1.37. The van der Waals surface area contributed by atoms with Crippen LogP contribution in [0.2, 0.25) is 0 Å². The van der Waals surface area contributed by atoms with Crippen LogP contribution in [-0.4, -0.2) is 24.1 Å². The summed E-state index contributed by atoms with van der Waals surface area (Å²) in [5.74, 6) is 0.414. The molecule has 1 heterocycles. The molecule has 0 aliphatic heterocycles. The fourth-order valence-electron chi connectivity index (χ4n) is 1.57. The van der Waals surface area contributed by atoms with Gasteiger partial charge in [0.2, 0.25) is 0 Å². The second-order valence-corrected chi connectivity index (χ2v) is 3.83. The predicted molar refractivity (Wildman–Crippen MR) is 67.0 cm³/mol. The van der Waals surface area contributed by atoms with Crippen molar-refractivity contribution in [3.8, 4) is 11.3 Å². The van der Waals surface area contributed by atoms with Gasteiger partial charge in [0.25, 0.3) is 0 Å². The smallest absolute Gasteiger partial charge is 0.327 e. The van der Waals surface area contributed by atoms with Crippen LogP contribution < -0.4 is 5.32 Å². The predicted octanol–water partition coefficient (Wildman–Crippen LogP) is 2.32. The topological polar surface area (TPSA) is 64.4 Å². The van der Waals surface area contributed by atoms with Crippen molar-refractivity contribution in [2.45, 2.75) is 13.0 Å². The Hall–Kier alpha value is -2.30. The quantitative estimate of drug-likeness (QED) is 0.839. The zero-order valence-corrected chi connectivity index (χ0v) is 10.2. The second-order valence-electron chi connectivity index (χ2n) is 3.83. The molecule has 18 heavy (non-hydrogen) atoms. The van der Waals surface area contributed by atoms with Gasteiger partial charge in [-0.1, -0.05) is 0 Å². The number of carbonyl (C=O) groups excluding carboxylic acids is 1. The highest BCUT2D eigenvalue weighted by Crippen LogP contribution is 2.21. The lowest BCUT2D eigenvalue weighted by Gasteiger charge is -2.12. The number of aromatic nitrogens is 1. The Morgan fingerprint density at radius 1 is 1.39 bits per heavy atom. The van der Waals surface area contributed by atoms with Crippen LogP contribution in [0.1, 0.15) is 6.92 Å². The van der Waals surface area contributed by atoms with Gasteiger partial charge < -0.3 is 14.5 Å². The van der Waals surface area contributed by atoms with E-state index in [9.17, 15) is 4.79 Å². The Bertz CT molecular complexity index is 506. The minimum Gasteiger partial charge on any atom is -0.467 e. The molecule has 1 aromatic carbocycles. The van der Waals surface area contributed by atoms with Gasteiger partial charge in [0.1, 0.15) is 6.04 Å². The van der Waals surface area contributed by atoms with Crippen molar-refractivity contribution in [2.24, 2.45) is 0 Å². The molecule has 0 aliphatic rings. The van der Waals surface area contributed by atoms with E-state index in [1.54, 1.807) is 13.1 Å². The van der Waals surface area contributed by atoms with Crippen molar-refractivity contribution in [3.05, 3.63) is 36.9 Å². The van der Waals surface area contributed by atoms with Crippen molar-refractivity contribution in [2.75, 3.05) is 12.4 Å². The number of hydrogen-bond acceptors (Lipinski definition) is 5. The molecule has 5 nitrogen and oxygen atoms in total. The first-order valence-electron chi connectivity index (χ1n) is 5.54. The Kier molecular flexibility index (Phi) is 3.62. The van der Waals surface area contributed by atoms with Gasteiger partial charge in [-0.25, -0.2) is 9.78 Å². The van der Waals surface area contributed by atoms with E-state index in [2.05, 4.69) is 15.0 Å². The maximum atomic E-state index is 11.3. The summed E-state index contributed by atoms with van der Waals surface area (Å²) < 4.78 is 9.83. The van der Waals surface area contributed by atoms with Crippen molar-refractivity contribution in [1.29, 1.82) is 0 Å². The molecule has 94 valence electrons. The molecule has 1 unspecified atom stereocenters. The van der Waals surface area contributed by atoms with Crippen LogP contribution in [-0.2, 0) is 9.53 Å². The summed E-state index contributed by atoms with van der Waals surface area (Å²) >= 11 is 0. The summed E-state index contributed by atoms with van der Waals surface area (Å²) in [5.41, 5.74) is 1.78. The van der Waals surface area contributed by atoms with E-state index in [-0.39, 0.29) is 12.0 Å². The standard InChI is InChI=1S/C13H14N2O3/c1-9(13(16)17-2)15-11-5-3-10(4-6-11)12-7-14-8-18-12/h3-9,15H,1-2H3. The van der Waals surface area contributed by atoms with Gasteiger partial charge in [-0.3, -0.25) is 0 Å². The first-order chi connectivity index (χ1) is 8.70. The number of nitrogens with zero attached hydrogens (tertiary/aromatic N) is 1. The van der Waals surface area contributed by atoms with Gasteiger partial charge in [0.15, 0.2) is 12.2 Å². The van der Waals surface area contributed by atoms with Crippen LogP contribution in [0.3, 0.4) is 0 Å². The fraction of sp³-hybridized carbons (Fsp3) is 0.231. The third kappa shape index (κ3) is 2.68. The zero-order valence-electron chi connectivity index (χ0n) is 10.2. The Labute approximate surface area is 105 Å². The van der Waals surface area contributed by atoms with Gasteiger partial charge in [0.05, 0.1) is 13.3 Å². The Morgan fingerprint density at radius 3 is 2.67 bits per heavy atom. The van der Waals surface area contributed by atoms with Gasteiger partial charge >= 0.3 is 5.97 Å². The van der Waals surface area contributed by atoms with Crippen LogP contribution >= 0.6 is 0 Å². The molecule has 0 fully saturated rings. The molecule has 0 saturated carbocycles. The van der Waals surface area contributed by atoms with Gasteiger partial charge in [-0.15, -0.1) is 0 Å². The first-order valence-corrected chi connectivity index (χ1v) is 5.54. The van der Waals surface area contributed by atoms with Gasteiger partial charge in [-0.2, -0.15) is 0 Å². The molecule has 0 amide bonds. The number of rotatable bonds is 4. The number of anilines is 1. The first kappa shape index (κ1) is 12.2. The minimum absolute atomic E-state index is 0.297. The van der Waals surface area contributed by atoms with E-state index in [0.29, 0.717) is 5.76 Å². The fourth-order valence-corrected chi connectivity index (χ4v) is 1.57. The number of methoxy groups -OCH3 is 1. The summed E-state index contributed by atoms with van der Waals surface area (Å²) in [6.07, 6.45) is 3.04.